The number of hydrogen-bond donors (Lipinski definition) is 0. The van der Waals surface area contributed by atoms with Gasteiger partial charge < -0.3 is 0 Å². The Hall–Kier alpha value is 0. The summed E-state index contributed by atoms with van der Waals surface area (Å²) in [5.41, 5.74) is 0. The topological polar surface area (TPSA) is 0 Å². The zero-order chi connectivity index (χ0) is 14.9. The van der Waals surface area contributed by atoms with Gasteiger partial charge in [-0.15, -0.1) is 0 Å². The lowest BCUT2D eigenvalue weighted by molar-refractivity contribution is 0.510. The molecule has 1 atom stereocenters. The van der Waals surface area contributed by atoms with Gasteiger partial charge in [0.2, 0.25) is 0 Å². The second-order valence-electron chi connectivity index (χ2n) is 6.55. The highest BCUT2D eigenvalue weighted by atomic mass is 14.0. The van der Waals surface area contributed by atoms with Gasteiger partial charge in [-0.2, -0.15) is 0 Å². The molecule has 0 aliphatic carbocycles. The average molecular weight is 281 g/mol. The van der Waals surface area contributed by atoms with E-state index in [-0.39, 0.29) is 0 Å². The van der Waals surface area contributed by atoms with Crippen molar-refractivity contribution in [2.24, 2.45) is 5.92 Å². The van der Waals surface area contributed by atoms with Gasteiger partial charge in [0.25, 0.3) is 0 Å². The summed E-state index contributed by atoms with van der Waals surface area (Å²) >= 11 is 0. The van der Waals surface area contributed by atoms with Crippen LogP contribution in [0.15, 0.2) is 0 Å². The highest BCUT2D eigenvalue weighted by Gasteiger charge is 1.98. The first-order valence-electron chi connectivity index (χ1n) is 9.40. The maximum absolute atomic E-state index is 3.89. The summed E-state index contributed by atoms with van der Waals surface area (Å²) in [5, 5.41) is 0. The van der Waals surface area contributed by atoms with Crippen LogP contribution in [0.2, 0.25) is 0 Å². The van der Waals surface area contributed by atoms with Crippen LogP contribution in [0, 0.1) is 19.3 Å². The first-order chi connectivity index (χ1) is 9.81. The molecular weight excluding hydrogens is 240 g/mol. The average Bonchev–Trinajstić information content (AvgIpc) is 2.47. The minimum Gasteiger partial charge on any atom is -0.0622 e. The summed E-state index contributed by atoms with van der Waals surface area (Å²) < 4.78 is 0. The van der Waals surface area contributed by atoms with Gasteiger partial charge in [-0.25, -0.2) is 0 Å². The van der Waals surface area contributed by atoms with Crippen molar-refractivity contribution in [1.29, 1.82) is 0 Å². The van der Waals surface area contributed by atoms with Crippen LogP contribution < -0.4 is 0 Å². The number of hydrogen-bond acceptors (Lipinski definition) is 0. The summed E-state index contributed by atoms with van der Waals surface area (Å²) in [6, 6.07) is 0. The highest BCUT2D eigenvalue weighted by molar-refractivity contribution is 4.65. The summed E-state index contributed by atoms with van der Waals surface area (Å²) in [6.45, 7) is 8.41. The second-order valence-corrected chi connectivity index (χ2v) is 6.55. The standard InChI is InChI=1S/C20H40/c1-4-6-7-8-9-10-11-12-13-14-15-16-17-18-19-20(3)5-2/h5,20H,1,4,6-19H2,2-3H3. The Kier molecular flexibility index (Phi) is 17.1. The molecule has 0 rings (SSSR count). The molecule has 0 bridgehead atoms. The molecule has 0 saturated carbocycles. The van der Waals surface area contributed by atoms with Crippen LogP contribution in [0.1, 0.15) is 110 Å². The fourth-order valence-electron chi connectivity index (χ4n) is 2.75. The van der Waals surface area contributed by atoms with Gasteiger partial charge in [-0.1, -0.05) is 117 Å². The summed E-state index contributed by atoms with van der Waals surface area (Å²) in [7, 11) is 0. The molecule has 2 radical (unpaired) electrons. The van der Waals surface area contributed by atoms with E-state index in [2.05, 4.69) is 27.2 Å². The number of rotatable bonds is 16. The van der Waals surface area contributed by atoms with E-state index in [0.29, 0.717) is 0 Å². The molecule has 0 aliphatic rings. The molecule has 0 aliphatic heterocycles. The zero-order valence-electron chi connectivity index (χ0n) is 14.5. The van der Waals surface area contributed by atoms with Crippen LogP contribution in [-0.4, -0.2) is 0 Å². The third kappa shape index (κ3) is 16.1. The number of unbranched alkanes of at least 4 members (excludes halogenated alkanes) is 13. The first kappa shape index (κ1) is 20.0. The quantitative estimate of drug-likeness (QED) is 0.256. The van der Waals surface area contributed by atoms with Gasteiger partial charge in [0.05, 0.1) is 0 Å². The molecule has 0 heterocycles. The molecule has 0 spiro atoms. The van der Waals surface area contributed by atoms with Crippen molar-refractivity contribution in [3.8, 4) is 0 Å². The maximum Gasteiger partial charge on any atom is -0.0389 e. The van der Waals surface area contributed by atoms with E-state index >= 15 is 0 Å². The lowest BCUT2D eigenvalue weighted by atomic mass is 9.99. The van der Waals surface area contributed by atoms with Crippen molar-refractivity contribution in [1.82, 2.24) is 0 Å². The van der Waals surface area contributed by atoms with Crippen molar-refractivity contribution < 1.29 is 0 Å². The fraction of sp³-hybridized carbons (Fsp3) is 0.900. The van der Waals surface area contributed by atoms with Crippen LogP contribution in [0.4, 0.5) is 0 Å². The van der Waals surface area contributed by atoms with Crippen molar-refractivity contribution in [2.75, 3.05) is 0 Å². The zero-order valence-corrected chi connectivity index (χ0v) is 14.5. The second kappa shape index (κ2) is 17.1. The fourth-order valence-corrected chi connectivity index (χ4v) is 2.75. The lowest BCUT2D eigenvalue weighted by Gasteiger charge is -2.07. The third-order valence-corrected chi connectivity index (χ3v) is 4.48. The molecule has 20 heavy (non-hydrogen) atoms. The van der Waals surface area contributed by atoms with E-state index in [9.17, 15) is 0 Å². The largest absolute Gasteiger partial charge is 0.0622 e. The Morgan fingerprint density at radius 3 is 1.35 bits per heavy atom. The first-order valence-corrected chi connectivity index (χ1v) is 9.40. The van der Waals surface area contributed by atoms with E-state index in [1.807, 2.05) is 0 Å². The van der Waals surface area contributed by atoms with Crippen molar-refractivity contribution >= 4 is 0 Å². The summed E-state index contributed by atoms with van der Waals surface area (Å²) in [5.74, 6) is 0.823. The molecule has 120 valence electrons. The minimum atomic E-state index is 0.823. The predicted octanol–water partition coefficient (Wildman–Crippen LogP) is 7.53. The van der Waals surface area contributed by atoms with Gasteiger partial charge in [0.1, 0.15) is 0 Å². The van der Waals surface area contributed by atoms with E-state index in [0.717, 1.165) is 12.3 Å². The van der Waals surface area contributed by atoms with E-state index in [1.165, 1.54) is 89.9 Å². The predicted molar refractivity (Wildman–Crippen MR) is 93.8 cm³/mol. The summed E-state index contributed by atoms with van der Waals surface area (Å²) in [6.07, 6.45) is 23.6. The van der Waals surface area contributed by atoms with Gasteiger partial charge in [-0.05, 0) is 12.3 Å². The molecule has 0 amide bonds. The Labute approximate surface area is 130 Å². The molecule has 0 aromatic carbocycles. The smallest absolute Gasteiger partial charge is 0.0389 e. The Bertz CT molecular complexity index is 161. The van der Waals surface area contributed by atoms with Crippen LogP contribution in [-0.2, 0) is 0 Å². The van der Waals surface area contributed by atoms with Gasteiger partial charge in [0, 0.05) is 0 Å². The monoisotopic (exact) mass is 280 g/mol. The van der Waals surface area contributed by atoms with Crippen LogP contribution in [0.25, 0.3) is 0 Å². The molecule has 0 heteroatoms. The molecule has 1 unspecified atom stereocenters. The molecule has 0 saturated heterocycles. The van der Waals surface area contributed by atoms with Gasteiger partial charge >= 0.3 is 0 Å². The maximum atomic E-state index is 3.89. The molecule has 0 N–H and O–H groups in total. The van der Waals surface area contributed by atoms with Gasteiger partial charge in [-0.3, -0.25) is 0 Å². The minimum absolute atomic E-state index is 0.823. The van der Waals surface area contributed by atoms with E-state index < -0.39 is 0 Å². The third-order valence-electron chi connectivity index (χ3n) is 4.48. The van der Waals surface area contributed by atoms with E-state index in [4.69, 9.17) is 0 Å². The van der Waals surface area contributed by atoms with Crippen LogP contribution in [0.3, 0.4) is 0 Å². The van der Waals surface area contributed by atoms with Gasteiger partial charge in [0.15, 0.2) is 0 Å². The Morgan fingerprint density at radius 1 is 0.650 bits per heavy atom. The highest BCUT2D eigenvalue weighted by Crippen LogP contribution is 2.15. The van der Waals surface area contributed by atoms with Crippen LogP contribution in [0.5, 0.6) is 0 Å². The molecular formula is C20H40. The summed E-state index contributed by atoms with van der Waals surface area (Å²) in [4.78, 5) is 0. The molecule has 0 aromatic heterocycles. The molecule has 0 fully saturated rings. The molecule has 0 aromatic rings. The Morgan fingerprint density at radius 2 is 1.00 bits per heavy atom. The molecule has 0 nitrogen and oxygen atoms in total. The normalized spacial score (nSPS) is 12.8. The van der Waals surface area contributed by atoms with E-state index in [1.54, 1.807) is 0 Å². The lowest BCUT2D eigenvalue weighted by Crippen LogP contribution is -1.92. The van der Waals surface area contributed by atoms with Crippen LogP contribution >= 0.6 is 0 Å². The Balaban J connectivity index is 2.96. The van der Waals surface area contributed by atoms with Crippen molar-refractivity contribution in [3.05, 3.63) is 13.3 Å². The SMILES string of the molecule is [CH2]CCCCCCCCCCCCCCCC(C)[CH]C. The van der Waals surface area contributed by atoms with Crippen molar-refractivity contribution in [3.63, 3.8) is 0 Å². The van der Waals surface area contributed by atoms with Crippen molar-refractivity contribution in [2.45, 2.75) is 110 Å².